The maximum atomic E-state index is 14.1. The third-order valence-electron chi connectivity index (χ3n) is 8.39. The Bertz CT molecular complexity index is 1650. The number of imidazole rings is 1. The summed E-state index contributed by atoms with van der Waals surface area (Å²) in [7, 11) is 0. The van der Waals surface area contributed by atoms with E-state index in [1.165, 1.54) is 18.2 Å². The first kappa shape index (κ1) is 34.6. The van der Waals surface area contributed by atoms with E-state index in [4.69, 9.17) is 5.26 Å². The average molecular weight is 674 g/mol. The monoisotopic (exact) mass is 672 g/mol. The van der Waals surface area contributed by atoms with Crippen molar-refractivity contribution in [2.24, 2.45) is 0 Å². The molecule has 13 heteroatoms. The Hall–Kier alpha value is -4.24. The second kappa shape index (κ2) is 14.5. The normalized spacial score (nSPS) is 16.1. The predicted octanol–water partition coefficient (Wildman–Crippen LogP) is 6.39. The number of piperidine rings is 1. The van der Waals surface area contributed by atoms with Gasteiger partial charge in [0, 0.05) is 44.6 Å². The number of rotatable bonds is 8. The van der Waals surface area contributed by atoms with Crippen LogP contribution in [0.15, 0.2) is 91.4 Å². The van der Waals surface area contributed by atoms with Crippen LogP contribution in [0.5, 0.6) is 5.75 Å². The molecule has 242 valence electrons. The third kappa shape index (κ3) is 7.58. The number of carbonyl (C=O) groups is 1. The fraction of sp³-hybridized carbons (Fsp3) is 0.303. The first-order chi connectivity index (χ1) is 21.2. The second-order valence-electron chi connectivity index (χ2n) is 11.2. The summed E-state index contributed by atoms with van der Waals surface area (Å²) in [4.78, 5) is 24.7. The largest absolute Gasteiger partial charge is 0.573 e. The van der Waals surface area contributed by atoms with Gasteiger partial charge in [0.2, 0.25) is 5.91 Å². The summed E-state index contributed by atoms with van der Waals surface area (Å²) in [5.74, 6) is -0.322. The molecule has 2 aliphatic rings. The van der Waals surface area contributed by atoms with Crippen molar-refractivity contribution in [3.8, 4) is 11.8 Å². The number of aromatic nitrogens is 2. The molecule has 1 spiro atoms. The van der Waals surface area contributed by atoms with E-state index < -0.39 is 11.9 Å². The summed E-state index contributed by atoms with van der Waals surface area (Å²) in [5.41, 5.74) is 3.51. The zero-order valence-corrected chi connectivity index (χ0v) is 26.4. The van der Waals surface area contributed by atoms with Crippen LogP contribution < -0.4 is 9.64 Å². The minimum absolute atomic E-state index is 0. The molecule has 1 amide bonds. The van der Waals surface area contributed by atoms with Crippen LogP contribution in [-0.4, -0.2) is 56.9 Å². The van der Waals surface area contributed by atoms with Crippen LogP contribution in [-0.2, 0) is 24.4 Å². The van der Waals surface area contributed by atoms with Gasteiger partial charge in [0.15, 0.2) is 0 Å². The van der Waals surface area contributed by atoms with E-state index in [0.29, 0.717) is 56.8 Å². The summed E-state index contributed by atoms with van der Waals surface area (Å²) in [5, 5.41) is 9.07. The summed E-state index contributed by atoms with van der Waals surface area (Å²) in [6.07, 6.45) is 0.106. The summed E-state index contributed by atoms with van der Waals surface area (Å²) in [6, 6.07) is 25.3. The second-order valence-corrected chi connectivity index (χ2v) is 11.2. The molecule has 0 N–H and O–H groups in total. The van der Waals surface area contributed by atoms with Crippen LogP contribution in [0.3, 0.4) is 0 Å². The van der Waals surface area contributed by atoms with Crippen molar-refractivity contribution in [2.45, 2.75) is 44.4 Å². The molecular weight excluding hydrogens is 640 g/mol. The summed E-state index contributed by atoms with van der Waals surface area (Å²) >= 11 is 0. The van der Waals surface area contributed by atoms with Crippen LogP contribution in [0.4, 0.5) is 18.9 Å². The summed E-state index contributed by atoms with van der Waals surface area (Å²) in [6.45, 7) is 3.23. The number of nitriles is 1. The fourth-order valence-corrected chi connectivity index (χ4v) is 6.20. The lowest BCUT2D eigenvalue weighted by molar-refractivity contribution is -0.274. The van der Waals surface area contributed by atoms with Crippen LogP contribution in [0.2, 0.25) is 0 Å². The zero-order chi connectivity index (χ0) is 30.7. The molecule has 6 rings (SSSR count). The first-order valence-electron chi connectivity index (χ1n) is 14.4. The molecule has 0 radical (unpaired) electrons. The Balaban J connectivity index is 0.00000240. The number of ether oxygens (including phenoxy) is 1. The van der Waals surface area contributed by atoms with Crippen LogP contribution >= 0.6 is 24.8 Å². The Labute approximate surface area is 277 Å². The highest BCUT2D eigenvalue weighted by Gasteiger charge is 2.53. The van der Waals surface area contributed by atoms with Gasteiger partial charge in [0.1, 0.15) is 11.3 Å². The number of likely N-dealkylation sites (tertiary alicyclic amines) is 1. The lowest BCUT2D eigenvalue weighted by Crippen LogP contribution is -2.56. The molecule has 3 aromatic carbocycles. The molecular formula is C33H33Cl2F3N6O2. The molecule has 3 heterocycles. The van der Waals surface area contributed by atoms with Crippen molar-refractivity contribution in [2.75, 3.05) is 24.7 Å². The molecule has 0 aliphatic carbocycles. The average Bonchev–Trinajstić information content (AvgIpc) is 3.55. The van der Waals surface area contributed by atoms with Gasteiger partial charge in [-0.25, -0.2) is 4.98 Å². The molecule has 0 bridgehead atoms. The quantitative estimate of drug-likeness (QED) is 0.216. The highest BCUT2D eigenvalue weighted by Crippen LogP contribution is 2.40. The van der Waals surface area contributed by atoms with Gasteiger partial charge >= 0.3 is 6.36 Å². The number of nitrogens with zero attached hydrogens (tertiary/aromatic N) is 6. The Kier molecular flexibility index (Phi) is 10.9. The van der Waals surface area contributed by atoms with Crippen molar-refractivity contribution < 1.29 is 22.7 Å². The van der Waals surface area contributed by atoms with Gasteiger partial charge < -0.3 is 19.1 Å². The predicted molar refractivity (Wildman–Crippen MR) is 172 cm³/mol. The van der Waals surface area contributed by atoms with Crippen LogP contribution in [0.1, 0.15) is 35.2 Å². The fourth-order valence-electron chi connectivity index (χ4n) is 6.20. The van der Waals surface area contributed by atoms with Gasteiger partial charge in [-0.1, -0.05) is 42.5 Å². The molecule has 2 aliphatic heterocycles. The smallest absolute Gasteiger partial charge is 0.406 e. The molecule has 2 saturated heterocycles. The lowest BCUT2D eigenvalue weighted by atomic mass is 9.85. The molecule has 46 heavy (non-hydrogen) atoms. The number of carbonyl (C=O) groups excluding carboxylic acids is 1. The number of anilines is 1. The Morgan fingerprint density at radius 1 is 0.891 bits per heavy atom. The molecule has 4 aromatic rings. The number of para-hydroxylation sites is 1. The van der Waals surface area contributed by atoms with Crippen LogP contribution in [0.25, 0.3) is 0 Å². The van der Waals surface area contributed by atoms with Crippen molar-refractivity contribution in [1.82, 2.24) is 19.4 Å². The maximum absolute atomic E-state index is 14.1. The van der Waals surface area contributed by atoms with Crippen molar-refractivity contribution in [3.05, 3.63) is 114 Å². The van der Waals surface area contributed by atoms with E-state index in [2.05, 4.69) is 30.2 Å². The minimum atomic E-state index is -4.79. The van der Waals surface area contributed by atoms with Gasteiger partial charge in [-0.15, -0.1) is 38.0 Å². The minimum Gasteiger partial charge on any atom is -0.406 e. The third-order valence-corrected chi connectivity index (χ3v) is 8.39. The number of halogens is 5. The van der Waals surface area contributed by atoms with Gasteiger partial charge in [-0.05, 0) is 60.4 Å². The molecule has 2 fully saturated rings. The molecule has 1 aromatic heterocycles. The molecule has 0 unspecified atom stereocenters. The number of hydrogen-bond donors (Lipinski definition) is 0. The van der Waals surface area contributed by atoms with Crippen LogP contribution in [0, 0.1) is 11.3 Å². The topological polar surface area (TPSA) is 77.6 Å². The standard InChI is InChI=1S/C33H31F3N6O2.2ClH/c34-33(35,36)44-30-8-4-5-27(17-30)21-41-24-42(28-6-2-1-3-7-28)32(31(41)43)13-15-39(16-14-32)22-29-19-38-23-40(29)20-26-11-9-25(18-37)10-12-26;;/h1-12,17,19,23H,13-16,20-22,24H2;2*1H. The maximum Gasteiger partial charge on any atom is 0.573 e. The molecule has 0 atom stereocenters. The Morgan fingerprint density at radius 3 is 2.28 bits per heavy atom. The molecule has 8 nitrogen and oxygen atoms in total. The van der Waals surface area contributed by atoms with E-state index in [1.807, 2.05) is 67.1 Å². The SMILES string of the molecule is Cl.Cl.N#Cc1ccc(Cn2cncc2CN2CCC3(CC2)C(=O)N(Cc2cccc(OC(F)(F)F)c2)CN3c2ccccc2)cc1. The van der Waals surface area contributed by atoms with Crippen molar-refractivity contribution in [1.29, 1.82) is 5.26 Å². The highest BCUT2D eigenvalue weighted by atomic mass is 35.5. The zero-order valence-electron chi connectivity index (χ0n) is 24.8. The van der Waals surface area contributed by atoms with E-state index in [-0.39, 0.29) is 43.0 Å². The Morgan fingerprint density at radius 2 is 1.61 bits per heavy atom. The van der Waals surface area contributed by atoms with Gasteiger partial charge in [-0.2, -0.15) is 5.26 Å². The van der Waals surface area contributed by atoms with Crippen molar-refractivity contribution >= 4 is 36.4 Å². The highest BCUT2D eigenvalue weighted by molar-refractivity contribution is 5.93. The van der Waals surface area contributed by atoms with E-state index >= 15 is 0 Å². The number of hydrogen-bond acceptors (Lipinski definition) is 6. The molecule has 0 saturated carbocycles. The lowest BCUT2D eigenvalue weighted by Gasteiger charge is -2.43. The first-order valence-corrected chi connectivity index (χ1v) is 14.4. The number of alkyl halides is 3. The van der Waals surface area contributed by atoms with Crippen molar-refractivity contribution in [3.63, 3.8) is 0 Å². The number of amides is 1. The van der Waals surface area contributed by atoms with Gasteiger partial charge in [-0.3, -0.25) is 9.69 Å². The number of benzene rings is 3. The van der Waals surface area contributed by atoms with Gasteiger partial charge in [0.05, 0.1) is 30.3 Å². The van der Waals surface area contributed by atoms with Gasteiger partial charge in [0.25, 0.3) is 0 Å². The van der Waals surface area contributed by atoms with E-state index in [9.17, 15) is 18.0 Å². The van der Waals surface area contributed by atoms with E-state index in [1.54, 1.807) is 11.0 Å². The van der Waals surface area contributed by atoms with E-state index in [0.717, 1.165) is 16.9 Å². The summed E-state index contributed by atoms with van der Waals surface area (Å²) < 4.78 is 44.6.